The minimum absolute atomic E-state index is 0.131. The number of furan rings is 1. The van der Waals surface area contributed by atoms with E-state index < -0.39 is 0 Å². The molecule has 0 atom stereocenters. The van der Waals surface area contributed by atoms with Gasteiger partial charge in [-0.15, -0.1) is 0 Å². The van der Waals surface area contributed by atoms with Gasteiger partial charge in [-0.2, -0.15) is 0 Å². The summed E-state index contributed by atoms with van der Waals surface area (Å²) in [4.78, 5) is 25.2. The summed E-state index contributed by atoms with van der Waals surface area (Å²) in [5.41, 5.74) is 0.804. The molecule has 2 aromatic rings. The van der Waals surface area contributed by atoms with Gasteiger partial charge in [0.2, 0.25) is 5.91 Å². The summed E-state index contributed by atoms with van der Waals surface area (Å²) in [5.74, 6) is -1.10. The van der Waals surface area contributed by atoms with Crippen LogP contribution in [0.3, 0.4) is 0 Å². The number of nitrogens with one attached hydrogen (secondary N) is 1. The van der Waals surface area contributed by atoms with E-state index in [0.717, 1.165) is 0 Å². The van der Waals surface area contributed by atoms with E-state index in [1.54, 1.807) is 0 Å². The van der Waals surface area contributed by atoms with Crippen molar-refractivity contribution in [2.75, 3.05) is 18.9 Å². The SMILES string of the molecule is CN(CC(=O)Nc1ccc(F)cc1)C(=O)c1ccoc1Br. The summed E-state index contributed by atoms with van der Waals surface area (Å²) < 4.78 is 18.1. The molecule has 0 unspecified atom stereocenters. The third-order valence-corrected chi connectivity index (χ3v) is 3.32. The quantitative estimate of drug-likeness (QED) is 0.918. The lowest BCUT2D eigenvalue weighted by Gasteiger charge is -2.16. The molecule has 0 aliphatic heterocycles. The second-order valence-corrected chi connectivity index (χ2v) is 5.04. The van der Waals surface area contributed by atoms with Crippen molar-refractivity contribution in [3.8, 4) is 0 Å². The first-order chi connectivity index (χ1) is 9.97. The van der Waals surface area contributed by atoms with Crippen LogP contribution in [0, 0.1) is 5.82 Å². The minimum atomic E-state index is -0.384. The molecular weight excluding hydrogens is 343 g/mol. The number of carbonyl (C=O) groups excluding carboxylic acids is 2. The fraction of sp³-hybridized carbons (Fsp3) is 0.143. The molecule has 0 radical (unpaired) electrons. The molecule has 1 aromatic carbocycles. The lowest BCUT2D eigenvalue weighted by atomic mass is 10.3. The number of benzene rings is 1. The summed E-state index contributed by atoms with van der Waals surface area (Å²) in [6, 6.07) is 6.89. The Morgan fingerprint density at radius 3 is 2.52 bits per heavy atom. The molecule has 0 saturated carbocycles. The van der Waals surface area contributed by atoms with Gasteiger partial charge in [0, 0.05) is 12.7 Å². The Bertz CT molecular complexity index is 654. The van der Waals surface area contributed by atoms with E-state index in [1.165, 1.54) is 48.5 Å². The van der Waals surface area contributed by atoms with E-state index in [2.05, 4.69) is 21.2 Å². The van der Waals surface area contributed by atoms with Crippen molar-refractivity contribution in [2.45, 2.75) is 0 Å². The van der Waals surface area contributed by atoms with E-state index in [9.17, 15) is 14.0 Å². The molecule has 1 aromatic heterocycles. The van der Waals surface area contributed by atoms with Crippen LogP contribution in [0.4, 0.5) is 10.1 Å². The van der Waals surface area contributed by atoms with Gasteiger partial charge in [-0.1, -0.05) is 0 Å². The first kappa shape index (κ1) is 15.2. The molecule has 7 heteroatoms. The predicted molar refractivity (Wildman–Crippen MR) is 78.4 cm³/mol. The van der Waals surface area contributed by atoms with Crippen molar-refractivity contribution >= 4 is 33.4 Å². The van der Waals surface area contributed by atoms with Crippen LogP contribution in [-0.4, -0.2) is 30.3 Å². The van der Waals surface area contributed by atoms with Gasteiger partial charge in [-0.25, -0.2) is 4.39 Å². The monoisotopic (exact) mass is 354 g/mol. The highest BCUT2D eigenvalue weighted by Gasteiger charge is 2.19. The average molecular weight is 355 g/mol. The second-order valence-electron chi connectivity index (χ2n) is 4.32. The minimum Gasteiger partial charge on any atom is -0.457 e. The fourth-order valence-corrected chi connectivity index (χ4v) is 2.08. The Balaban J connectivity index is 1.94. The maximum Gasteiger partial charge on any atom is 0.258 e. The molecule has 2 rings (SSSR count). The number of halogens is 2. The predicted octanol–water partition coefficient (Wildman–Crippen LogP) is 2.89. The van der Waals surface area contributed by atoms with Crippen LogP contribution < -0.4 is 5.32 Å². The zero-order chi connectivity index (χ0) is 15.4. The van der Waals surface area contributed by atoms with Crippen LogP contribution in [0.25, 0.3) is 0 Å². The zero-order valence-corrected chi connectivity index (χ0v) is 12.7. The summed E-state index contributed by atoms with van der Waals surface area (Å²) in [7, 11) is 1.51. The number of nitrogens with zero attached hydrogens (tertiary/aromatic N) is 1. The highest BCUT2D eigenvalue weighted by atomic mass is 79.9. The van der Waals surface area contributed by atoms with Crippen molar-refractivity contribution < 1.29 is 18.4 Å². The molecule has 1 N–H and O–H groups in total. The molecule has 0 saturated heterocycles. The molecule has 0 spiro atoms. The maximum atomic E-state index is 12.8. The van der Waals surface area contributed by atoms with Crippen molar-refractivity contribution in [1.82, 2.24) is 4.90 Å². The molecule has 0 bridgehead atoms. The highest BCUT2D eigenvalue weighted by Crippen LogP contribution is 2.19. The molecule has 21 heavy (non-hydrogen) atoms. The highest BCUT2D eigenvalue weighted by molar-refractivity contribution is 9.10. The number of anilines is 1. The Morgan fingerprint density at radius 1 is 1.29 bits per heavy atom. The van der Waals surface area contributed by atoms with Gasteiger partial charge in [0.15, 0.2) is 4.67 Å². The topological polar surface area (TPSA) is 62.6 Å². The number of hydrogen-bond donors (Lipinski definition) is 1. The standard InChI is InChI=1S/C14H12BrFN2O3/c1-18(14(20)11-6-7-21-13(11)15)8-12(19)17-10-4-2-9(16)3-5-10/h2-7H,8H2,1H3,(H,17,19). The lowest BCUT2D eigenvalue weighted by Crippen LogP contribution is -2.34. The molecule has 0 aliphatic rings. The third kappa shape index (κ3) is 3.91. The van der Waals surface area contributed by atoms with Gasteiger partial charge in [0.05, 0.1) is 18.4 Å². The van der Waals surface area contributed by atoms with E-state index in [4.69, 9.17) is 4.42 Å². The smallest absolute Gasteiger partial charge is 0.258 e. The van der Waals surface area contributed by atoms with Crippen molar-refractivity contribution in [3.63, 3.8) is 0 Å². The third-order valence-electron chi connectivity index (χ3n) is 2.70. The van der Waals surface area contributed by atoms with Crippen LogP contribution in [0.1, 0.15) is 10.4 Å². The number of likely N-dealkylation sites (N-methyl/N-ethyl adjacent to an activating group) is 1. The number of carbonyl (C=O) groups is 2. The van der Waals surface area contributed by atoms with Crippen LogP contribution in [0.5, 0.6) is 0 Å². The van der Waals surface area contributed by atoms with Gasteiger partial charge < -0.3 is 14.6 Å². The van der Waals surface area contributed by atoms with Gasteiger partial charge in [-0.3, -0.25) is 9.59 Å². The van der Waals surface area contributed by atoms with Gasteiger partial charge in [-0.05, 0) is 46.3 Å². The first-order valence-electron chi connectivity index (χ1n) is 6.01. The molecule has 5 nitrogen and oxygen atoms in total. The second kappa shape index (κ2) is 6.53. The van der Waals surface area contributed by atoms with Gasteiger partial charge in [0.25, 0.3) is 5.91 Å². The number of amides is 2. The van der Waals surface area contributed by atoms with Gasteiger partial charge >= 0.3 is 0 Å². The zero-order valence-electron chi connectivity index (χ0n) is 11.1. The summed E-state index contributed by atoms with van der Waals surface area (Å²) >= 11 is 3.11. The van der Waals surface area contributed by atoms with Crippen molar-refractivity contribution in [3.05, 3.63) is 52.6 Å². The maximum absolute atomic E-state index is 12.8. The van der Waals surface area contributed by atoms with E-state index in [1.807, 2.05) is 0 Å². The summed E-state index contributed by atoms with van der Waals surface area (Å²) in [5, 5.41) is 2.58. The molecule has 1 heterocycles. The van der Waals surface area contributed by atoms with E-state index in [-0.39, 0.29) is 24.2 Å². The molecule has 2 amide bonds. The molecule has 110 valence electrons. The normalized spacial score (nSPS) is 10.2. The Kier molecular flexibility index (Phi) is 4.74. The lowest BCUT2D eigenvalue weighted by molar-refractivity contribution is -0.116. The van der Waals surface area contributed by atoms with Crippen LogP contribution in [0.2, 0.25) is 0 Å². The van der Waals surface area contributed by atoms with Crippen LogP contribution in [0.15, 0.2) is 45.7 Å². The Hall–Kier alpha value is -2.15. The molecular formula is C14H12BrFN2O3. The van der Waals surface area contributed by atoms with Crippen LogP contribution >= 0.6 is 15.9 Å². The van der Waals surface area contributed by atoms with Crippen molar-refractivity contribution in [2.24, 2.45) is 0 Å². The average Bonchev–Trinajstić information content (AvgIpc) is 2.86. The summed E-state index contributed by atoms with van der Waals surface area (Å²) in [6.45, 7) is -0.131. The molecule has 0 aliphatic carbocycles. The fourth-order valence-electron chi connectivity index (χ4n) is 1.67. The first-order valence-corrected chi connectivity index (χ1v) is 6.80. The Morgan fingerprint density at radius 2 is 1.95 bits per heavy atom. The number of hydrogen-bond acceptors (Lipinski definition) is 3. The van der Waals surface area contributed by atoms with Crippen molar-refractivity contribution in [1.29, 1.82) is 0 Å². The van der Waals surface area contributed by atoms with Gasteiger partial charge in [0.1, 0.15) is 5.82 Å². The van der Waals surface area contributed by atoms with E-state index in [0.29, 0.717) is 15.9 Å². The Labute approximate surface area is 128 Å². The largest absolute Gasteiger partial charge is 0.457 e. The summed E-state index contributed by atoms with van der Waals surface area (Å²) in [6.07, 6.45) is 1.38. The number of rotatable bonds is 4. The molecule has 0 fully saturated rings. The van der Waals surface area contributed by atoms with E-state index >= 15 is 0 Å². The van der Waals surface area contributed by atoms with Crippen LogP contribution in [-0.2, 0) is 4.79 Å².